The molecule has 0 saturated carbocycles. The van der Waals surface area contributed by atoms with Crippen LogP contribution in [0.4, 0.5) is 10.1 Å². The van der Waals surface area contributed by atoms with Gasteiger partial charge in [0.15, 0.2) is 0 Å². The molecule has 1 unspecified atom stereocenters. The normalized spacial score (nSPS) is 11.8. The summed E-state index contributed by atoms with van der Waals surface area (Å²) in [7, 11) is 0. The van der Waals surface area contributed by atoms with Crippen molar-refractivity contribution in [1.29, 1.82) is 0 Å². The van der Waals surface area contributed by atoms with Gasteiger partial charge in [-0.25, -0.2) is 0 Å². The van der Waals surface area contributed by atoms with Crippen LogP contribution in [0.2, 0.25) is 0 Å². The Balaban J connectivity index is 2.54. The van der Waals surface area contributed by atoms with E-state index in [4.69, 9.17) is 4.74 Å². The molecule has 0 radical (unpaired) electrons. The Kier molecular flexibility index (Phi) is 5.05. The lowest BCUT2D eigenvalue weighted by molar-refractivity contribution is -0.387. The number of nitrogens with zero attached hydrogens (tertiary/aromatic N) is 1. The Morgan fingerprint density at radius 3 is 2.57 bits per heavy atom. The van der Waals surface area contributed by atoms with E-state index in [1.54, 1.807) is 19.1 Å². The summed E-state index contributed by atoms with van der Waals surface area (Å²) in [6, 6.07) is 10.7. The lowest BCUT2D eigenvalue weighted by Crippen LogP contribution is -2.18. The molecule has 0 spiro atoms. The number of carbonyl (C=O) groups excluding carboxylic acids is 1. The smallest absolute Gasteiger partial charge is 0.317 e. The molecule has 0 heterocycles. The fraction of sp³-hybridized carbons (Fsp3) is 0.235. The van der Waals surface area contributed by atoms with Gasteiger partial charge in [-0.3, -0.25) is 14.9 Å². The number of esters is 1. The number of hydrogen-bond donors (Lipinski definition) is 0. The average Bonchev–Trinajstić information content (AvgIpc) is 2.49. The van der Waals surface area contributed by atoms with Gasteiger partial charge in [0.1, 0.15) is 5.92 Å². The maximum atomic E-state index is 13.9. The maximum absolute atomic E-state index is 13.9. The Labute approximate surface area is 132 Å². The average molecular weight is 317 g/mol. The molecule has 120 valence electrons. The van der Waals surface area contributed by atoms with Crippen LogP contribution in [0.15, 0.2) is 42.5 Å². The van der Waals surface area contributed by atoms with Crippen LogP contribution in [0.25, 0.3) is 0 Å². The molecule has 0 aliphatic heterocycles. The first-order chi connectivity index (χ1) is 11.0. The van der Waals surface area contributed by atoms with Crippen molar-refractivity contribution in [3.63, 3.8) is 0 Å². The highest BCUT2D eigenvalue weighted by molar-refractivity contribution is 5.82. The van der Waals surface area contributed by atoms with E-state index >= 15 is 0 Å². The monoisotopic (exact) mass is 317 g/mol. The number of halogens is 1. The van der Waals surface area contributed by atoms with Crippen LogP contribution in [0.3, 0.4) is 0 Å². The van der Waals surface area contributed by atoms with Gasteiger partial charge in [0.25, 0.3) is 0 Å². The summed E-state index contributed by atoms with van der Waals surface area (Å²) in [5.74, 6) is -2.32. The number of nitro benzene ring substituents is 1. The summed E-state index contributed by atoms with van der Waals surface area (Å²) in [5, 5.41) is 10.7. The van der Waals surface area contributed by atoms with E-state index in [9.17, 15) is 19.3 Å². The molecule has 23 heavy (non-hydrogen) atoms. The zero-order valence-corrected chi connectivity index (χ0v) is 12.8. The molecule has 0 fully saturated rings. The minimum absolute atomic E-state index is 0.191. The van der Waals surface area contributed by atoms with Crippen molar-refractivity contribution in [3.8, 4) is 0 Å². The molecule has 0 aliphatic carbocycles. The number of hydrogen-bond acceptors (Lipinski definition) is 4. The van der Waals surface area contributed by atoms with Crippen LogP contribution in [0.5, 0.6) is 0 Å². The van der Waals surface area contributed by atoms with Gasteiger partial charge in [0.2, 0.25) is 5.82 Å². The van der Waals surface area contributed by atoms with Crippen LogP contribution in [-0.2, 0) is 9.53 Å². The Morgan fingerprint density at radius 1 is 1.30 bits per heavy atom. The lowest BCUT2D eigenvalue weighted by Gasteiger charge is -2.18. The molecule has 1 atom stereocenters. The predicted molar refractivity (Wildman–Crippen MR) is 82.7 cm³/mol. The third-order valence-electron chi connectivity index (χ3n) is 3.52. The minimum Gasteiger partial charge on any atom is -0.465 e. The molecule has 0 aliphatic rings. The number of benzene rings is 2. The summed E-state index contributed by atoms with van der Waals surface area (Å²) in [4.78, 5) is 22.3. The Bertz CT molecular complexity index is 745. The van der Waals surface area contributed by atoms with Crippen molar-refractivity contribution in [1.82, 2.24) is 0 Å². The summed E-state index contributed by atoms with van der Waals surface area (Å²) >= 11 is 0. The van der Waals surface area contributed by atoms with Crippen molar-refractivity contribution in [3.05, 3.63) is 75.1 Å². The van der Waals surface area contributed by atoms with Gasteiger partial charge in [-0.2, -0.15) is 4.39 Å². The SMILES string of the molecule is CCOC(=O)C(c1ccc([N+](=O)[O-])c(F)c1)c1ccccc1C. The highest BCUT2D eigenvalue weighted by Gasteiger charge is 2.27. The van der Waals surface area contributed by atoms with E-state index in [1.165, 1.54) is 6.07 Å². The van der Waals surface area contributed by atoms with Crippen molar-refractivity contribution in [2.45, 2.75) is 19.8 Å². The zero-order chi connectivity index (χ0) is 17.0. The molecule has 2 aromatic carbocycles. The topological polar surface area (TPSA) is 69.4 Å². The quantitative estimate of drug-likeness (QED) is 0.478. The van der Waals surface area contributed by atoms with E-state index in [2.05, 4.69) is 0 Å². The Hall–Kier alpha value is -2.76. The highest BCUT2D eigenvalue weighted by atomic mass is 19.1. The molecule has 0 amide bonds. The van der Waals surface area contributed by atoms with Crippen LogP contribution in [-0.4, -0.2) is 17.5 Å². The zero-order valence-electron chi connectivity index (χ0n) is 12.8. The van der Waals surface area contributed by atoms with Gasteiger partial charge in [-0.15, -0.1) is 0 Å². The van der Waals surface area contributed by atoms with Crippen molar-refractivity contribution in [2.24, 2.45) is 0 Å². The number of carbonyl (C=O) groups is 1. The largest absolute Gasteiger partial charge is 0.465 e. The third-order valence-corrected chi connectivity index (χ3v) is 3.52. The van der Waals surface area contributed by atoms with Crippen molar-refractivity contribution < 1.29 is 18.8 Å². The minimum atomic E-state index is -0.976. The molecular formula is C17H16FNO4. The fourth-order valence-electron chi connectivity index (χ4n) is 2.43. The van der Waals surface area contributed by atoms with E-state index in [1.807, 2.05) is 19.1 Å². The van der Waals surface area contributed by atoms with E-state index in [0.717, 1.165) is 17.7 Å². The first-order valence-corrected chi connectivity index (χ1v) is 7.11. The van der Waals surface area contributed by atoms with Gasteiger partial charge in [0.05, 0.1) is 11.5 Å². The second kappa shape index (κ2) is 7.00. The van der Waals surface area contributed by atoms with E-state index in [0.29, 0.717) is 11.1 Å². The molecular weight excluding hydrogens is 301 g/mol. The molecule has 6 heteroatoms. The lowest BCUT2D eigenvalue weighted by atomic mass is 9.88. The van der Waals surface area contributed by atoms with Gasteiger partial charge in [-0.1, -0.05) is 30.3 Å². The van der Waals surface area contributed by atoms with Gasteiger partial charge in [0, 0.05) is 6.07 Å². The number of ether oxygens (including phenoxy) is 1. The second-order valence-corrected chi connectivity index (χ2v) is 5.01. The number of rotatable bonds is 5. The van der Waals surface area contributed by atoms with Crippen molar-refractivity contribution in [2.75, 3.05) is 6.61 Å². The first kappa shape index (κ1) is 16.6. The molecule has 0 N–H and O–H groups in total. The fourth-order valence-corrected chi connectivity index (χ4v) is 2.43. The molecule has 2 aromatic rings. The molecule has 0 aromatic heterocycles. The molecule has 0 saturated heterocycles. The van der Waals surface area contributed by atoms with Crippen LogP contribution < -0.4 is 0 Å². The third kappa shape index (κ3) is 3.53. The predicted octanol–water partition coefficient (Wildman–Crippen LogP) is 3.74. The van der Waals surface area contributed by atoms with Crippen LogP contribution >= 0.6 is 0 Å². The van der Waals surface area contributed by atoms with E-state index < -0.39 is 28.3 Å². The summed E-state index contributed by atoms with van der Waals surface area (Å²) < 4.78 is 19.0. The maximum Gasteiger partial charge on any atom is 0.317 e. The van der Waals surface area contributed by atoms with Crippen molar-refractivity contribution >= 4 is 11.7 Å². The Morgan fingerprint density at radius 2 is 2.00 bits per heavy atom. The van der Waals surface area contributed by atoms with Crippen LogP contribution in [0, 0.1) is 22.9 Å². The van der Waals surface area contributed by atoms with Gasteiger partial charge in [-0.05, 0) is 36.6 Å². The number of nitro groups is 1. The standard InChI is InChI=1S/C17H16FNO4/c1-3-23-17(20)16(13-7-5-4-6-11(13)2)12-8-9-15(19(21)22)14(18)10-12/h4-10,16H,3H2,1-2H3. The second-order valence-electron chi connectivity index (χ2n) is 5.01. The van der Waals surface area contributed by atoms with Gasteiger partial charge >= 0.3 is 11.7 Å². The summed E-state index contributed by atoms with van der Waals surface area (Å²) in [5.41, 5.74) is 1.23. The summed E-state index contributed by atoms with van der Waals surface area (Å²) in [6.07, 6.45) is 0. The highest BCUT2D eigenvalue weighted by Crippen LogP contribution is 2.31. The van der Waals surface area contributed by atoms with Gasteiger partial charge < -0.3 is 4.74 Å². The van der Waals surface area contributed by atoms with E-state index in [-0.39, 0.29) is 6.61 Å². The molecule has 5 nitrogen and oxygen atoms in total. The van der Waals surface area contributed by atoms with Crippen LogP contribution in [0.1, 0.15) is 29.5 Å². The first-order valence-electron chi connectivity index (χ1n) is 7.11. The molecule has 2 rings (SSSR count). The summed E-state index contributed by atoms with van der Waals surface area (Å²) in [6.45, 7) is 3.71. The number of aryl methyl sites for hydroxylation is 1. The molecule has 0 bridgehead atoms.